The monoisotopic (exact) mass is 192 g/mol. The van der Waals surface area contributed by atoms with E-state index in [9.17, 15) is 5.11 Å². The first-order valence-electron chi connectivity index (χ1n) is 5.00. The molecule has 0 aromatic heterocycles. The average molecular weight is 192 g/mol. The number of hydrogen-bond acceptors (Lipinski definition) is 2. The van der Waals surface area contributed by atoms with Crippen LogP contribution in [0.2, 0.25) is 0 Å². The van der Waals surface area contributed by atoms with Gasteiger partial charge in [0.1, 0.15) is 0 Å². The van der Waals surface area contributed by atoms with Crippen LogP contribution in [0.3, 0.4) is 0 Å². The summed E-state index contributed by atoms with van der Waals surface area (Å²) in [4.78, 5) is 0. The molecule has 2 nitrogen and oxygen atoms in total. The van der Waals surface area contributed by atoms with Crippen LogP contribution in [0.25, 0.3) is 0 Å². The Morgan fingerprint density at radius 3 is 2.86 bits per heavy atom. The lowest BCUT2D eigenvalue weighted by atomic mass is 9.89. The van der Waals surface area contributed by atoms with Crippen LogP contribution < -0.4 is 0 Å². The molecule has 0 spiro atoms. The minimum absolute atomic E-state index is 0.634. The van der Waals surface area contributed by atoms with E-state index in [0.29, 0.717) is 6.61 Å². The van der Waals surface area contributed by atoms with Crippen LogP contribution >= 0.6 is 0 Å². The molecule has 1 aromatic rings. The first-order chi connectivity index (χ1) is 6.59. The van der Waals surface area contributed by atoms with E-state index in [1.807, 2.05) is 26.0 Å². The van der Waals surface area contributed by atoms with Gasteiger partial charge in [-0.3, -0.25) is 0 Å². The van der Waals surface area contributed by atoms with Crippen LogP contribution in [-0.4, -0.2) is 11.7 Å². The maximum absolute atomic E-state index is 9.99. The maximum Gasteiger partial charge on any atom is 0.0844 e. The van der Waals surface area contributed by atoms with Crippen LogP contribution in [0, 0.1) is 0 Å². The minimum Gasteiger partial charge on any atom is -0.386 e. The lowest BCUT2D eigenvalue weighted by molar-refractivity contribution is 0.0679. The third kappa shape index (κ3) is 1.68. The Morgan fingerprint density at radius 2 is 2.14 bits per heavy atom. The summed E-state index contributed by atoms with van der Waals surface area (Å²) in [7, 11) is 0. The largest absolute Gasteiger partial charge is 0.386 e. The second-order valence-electron chi connectivity index (χ2n) is 4.30. The molecule has 76 valence electrons. The summed E-state index contributed by atoms with van der Waals surface area (Å²) >= 11 is 0. The van der Waals surface area contributed by atoms with Crippen LogP contribution in [0.4, 0.5) is 0 Å². The molecule has 2 heteroatoms. The predicted octanol–water partition coefficient (Wildman–Crippen LogP) is 1.99. The summed E-state index contributed by atoms with van der Waals surface area (Å²) in [6, 6.07) is 6.11. The molecular formula is C12H16O2. The van der Waals surface area contributed by atoms with Crippen LogP contribution in [0.5, 0.6) is 0 Å². The molecule has 0 amide bonds. The first-order valence-corrected chi connectivity index (χ1v) is 5.00. The van der Waals surface area contributed by atoms with Crippen LogP contribution in [0.1, 0.15) is 30.5 Å². The molecule has 1 N–H and O–H groups in total. The fourth-order valence-corrected chi connectivity index (χ4v) is 1.97. The van der Waals surface area contributed by atoms with Crippen molar-refractivity contribution < 1.29 is 9.84 Å². The van der Waals surface area contributed by atoms with Crippen molar-refractivity contribution in [2.45, 2.75) is 32.5 Å². The van der Waals surface area contributed by atoms with Gasteiger partial charge in [0.05, 0.1) is 18.8 Å². The molecular weight excluding hydrogens is 176 g/mol. The van der Waals surface area contributed by atoms with Gasteiger partial charge in [-0.05, 0) is 37.0 Å². The molecule has 0 saturated heterocycles. The van der Waals surface area contributed by atoms with Crippen LogP contribution in [-0.2, 0) is 23.4 Å². The van der Waals surface area contributed by atoms with E-state index >= 15 is 0 Å². The van der Waals surface area contributed by atoms with Crippen molar-refractivity contribution in [3.05, 3.63) is 34.9 Å². The zero-order valence-electron chi connectivity index (χ0n) is 8.71. The number of rotatable bonds is 1. The Hall–Kier alpha value is -0.860. The van der Waals surface area contributed by atoms with Crippen molar-refractivity contribution in [3.63, 3.8) is 0 Å². The second kappa shape index (κ2) is 3.37. The van der Waals surface area contributed by atoms with Crippen LogP contribution in [0.15, 0.2) is 18.2 Å². The average Bonchev–Trinajstić information content (AvgIpc) is 2.15. The Balaban J connectivity index is 2.51. The topological polar surface area (TPSA) is 29.5 Å². The number of benzene rings is 1. The summed E-state index contributed by atoms with van der Waals surface area (Å²) in [5.74, 6) is 0. The summed E-state index contributed by atoms with van der Waals surface area (Å²) in [6.45, 7) is 5.06. The van der Waals surface area contributed by atoms with Gasteiger partial charge in [0, 0.05) is 0 Å². The molecule has 0 fully saturated rings. The molecule has 1 aliphatic heterocycles. The van der Waals surface area contributed by atoms with Gasteiger partial charge in [-0.25, -0.2) is 0 Å². The Bertz CT molecular complexity index is 337. The van der Waals surface area contributed by atoms with E-state index < -0.39 is 5.60 Å². The van der Waals surface area contributed by atoms with Gasteiger partial charge in [-0.15, -0.1) is 0 Å². The highest BCUT2D eigenvalue weighted by atomic mass is 16.5. The number of fused-ring (bicyclic) bond motifs is 1. The summed E-state index contributed by atoms with van der Waals surface area (Å²) in [6.07, 6.45) is 0.958. The molecule has 0 unspecified atom stereocenters. The molecule has 0 atom stereocenters. The highest BCUT2D eigenvalue weighted by Crippen LogP contribution is 2.28. The van der Waals surface area contributed by atoms with E-state index in [2.05, 4.69) is 6.07 Å². The SMILES string of the molecule is CC(C)(O)c1cccc2c1COCC2. The zero-order chi connectivity index (χ0) is 10.2. The fourth-order valence-electron chi connectivity index (χ4n) is 1.97. The van der Waals surface area contributed by atoms with Crippen molar-refractivity contribution >= 4 is 0 Å². The van der Waals surface area contributed by atoms with Crippen molar-refractivity contribution in [2.24, 2.45) is 0 Å². The molecule has 1 aromatic carbocycles. The Kier molecular flexibility index (Phi) is 2.33. The molecule has 0 bridgehead atoms. The number of aliphatic hydroxyl groups is 1. The minimum atomic E-state index is -0.772. The summed E-state index contributed by atoms with van der Waals surface area (Å²) < 4.78 is 5.42. The first kappa shape index (κ1) is 9.69. The van der Waals surface area contributed by atoms with Gasteiger partial charge in [0.25, 0.3) is 0 Å². The van der Waals surface area contributed by atoms with Gasteiger partial charge in [-0.2, -0.15) is 0 Å². The molecule has 0 radical (unpaired) electrons. The number of hydrogen-bond donors (Lipinski definition) is 1. The quantitative estimate of drug-likeness (QED) is 0.737. The van der Waals surface area contributed by atoms with E-state index in [4.69, 9.17) is 4.74 Å². The molecule has 0 saturated carbocycles. The van der Waals surface area contributed by atoms with Gasteiger partial charge in [-0.1, -0.05) is 18.2 Å². The van der Waals surface area contributed by atoms with E-state index in [0.717, 1.165) is 18.6 Å². The number of ether oxygens (including phenoxy) is 1. The lowest BCUT2D eigenvalue weighted by Gasteiger charge is -2.26. The molecule has 2 rings (SSSR count). The van der Waals surface area contributed by atoms with Gasteiger partial charge >= 0.3 is 0 Å². The second-order valence-corrected chi connectivity index (χ2v) is 4.30. The van der Waals surface area contributed by atoms with E-state index in [-0.39, 0.29) is 0 Å². The van der Waals surface area contributed by atoms with E-state index in [1.165, 1.54) is 11.1 Å². The molecule has 14 heavy (non-hydrogen) atoms. The molecule has 1 heterocycles. The van der Waals surface area contributed by atoms with Gasteiger partial charge in [0.2, 0.25) is 0 Å². The normalized spacial score (nSPS) is 16.5. The van der Waals surface area contributed by atoms with Gasteiger partial charge in [0.15, 0.2) is 0 Å². The maximum atomic E-state index is 9.99. The smallest absolute Gasteiger partial charge is 0.0844 e. The highest BCUT2D eigenvalue weighted by Gasteiger charge is 2.23. The third-order valence-electron chi connectivity index (χ3n) is 2.69. The predicted molar refractivity (Wildman–Crippen MR) is 55.0 cm³/mol. The van der Waals surface area contributed by atoms with Crippen molar-refractivity contribution in [1.82, 2.24) is 0 Å². The van der Waals surface area contributed by atoms with Crippen molar-refractivity contribution in [2.75, 3.05) is 6.61 Å². The molecule has 0 aliphatic carbocycles. The summed E-state index contributed by atoms with van der Waals surface area (Å²) in [5.41, 5.74) is 2.71. The molecule has 1 aliphatic rings. The van der Waals surface area contributed by atoms with Crippen molar-refractivity contribution in [1.29, 1.82) is 0 Å². The Labute approximate surface area is 84.5 Å². The Morgan fingerprint density at radius 1 is 1.36 bits per heavy atom. The third-order valence-corrected chi connectivity index (χ3v) is 2.69. The highest BCUT2D eigenvalue weighted by molar-refractivity contribution is 5.38. The lowest BCUT2D eigenvalue weighted by Crippen LogP contribution is -2.22. The van der Waals surface area contributed by atoms with Crippen molar-refractivity contribution in [3.8, 4) is 0 Å². The summed E-state index contributed by atoms with van der Waals surface area (Å²) in [5, 5.41) is 9.99. The standard InChI is InChI=1S/C12H16O2/c1-12(2,13)11-5-3-4-9-6-7-14-8-10(9)11/h3-5,13H,6-8H2,1-2H3. The zero-order valence-corrected chi connectivity index (χ0v) is 8.71. The van der Waals surface area contributed by atoms with E-state index in [1.54, 1.807) is 0 Å². The van der Waals surface area contributed by atoms with Gasteiger partial charge < -0.3 is 9.84 Å². The fraction of sp³-hybridized carbons (Fsp3) is 0.500.